The summed E-state index contributed by atoms with van der Waals surface area (Å²) in [6.45, 7) is 0. The third-order valence-electron chi connectivity index (χ3n) is 5.99. The van der Waals surface area contributed by atoms with Gasteiger partial charge >= 0.3 is 0 Å². The molecule has 0 amide bonds. The van der Waals surface area contributed by atoms with E-state index in [-0.39, 0.29) is 0 Å². The van der Waals surface area contributed by atoms with Crippen LogP contribution in [0.3, 0.4) is 0 Å². The van der Waals surface area contributed by atoms with E-state index in [0.29, 0.717) is 0 Å². The summed E-state index contributed by atoms with van der Waals surface area (Å²) in [6, 6.07) is 29.4. The number of para-hydroxylation sites is 4. The first-order valence-corrected chi connectivity index (χ1v) is 10.4. The number of halogens is 1. The second-order valence-electron chi connectivity index (χ2n) is 7.51. The van der Waals surface area contributed by atoms with E-state index in [4.69, 9.17) is 9.47 Å². The molecule has 4 heteroatoms. The number of ether oxygens (including phenoxy) is 2. The Morgan fingerprint density at radius 2 is 1.10 bits per heavy atom. The van der Waals surface area contributed by atoms with E-state index < -0.39 is 5.41 Å². The topological polar surface area (TPSA) is 18.5 Å². The average Bonchev–Trinajstić information content (AvgIpc) is 2.75. The molecule has 0 saturated carbocycles. The molecule has 4 aromatic carbocycles. The van der Waals surface area contributed by atoms with Crippen molar-refractivity contribution in [1.82, 2.24) is 0 Å². The molecule has 29 heavy (non-hydrogen) atoms. The highest BCUT2D eigenvalue weighted by atomic mass is 79.9. The molecule has 0 fully saturated rings. The van der Waals surface area contributed by atoms with Gasteiger partial charge in [0, 0.05) is 22.3 Å². The summed E-state index contributed by atoms with van der Waals surface area (Å²) in [5, 5.41) is 0. The van der Waals surface area contributed by atoms with Crippen molar-refractivity contribution in [3.63, 3.8) is 0 Å². The zero-order chi connectivity index (χ0) is 19.6. The number of fused-ring (bicyclic) bond motifs is 8. The van der Waals surface area contributed by atoms with Gasteiger partial charge in [-0.05, 0) is 39.6 Å². The van der Waals surface area contributed by atoms with Gasteiger partial charge in [0.05, 0.1) is 9.89 Å². The van der Waals surface area contributed by atoms with Gasteiger partial charge in [-0.25, -0.2) is 0 Å². The fraction of sp³-hybridized carbons (Fsp3) is 0.0400. The number of benzene rings is 4. The zero-order valence-electron chi connectivity index (χ0n) is 15.8. The van der Waals surface area contributed by atoms with Crippen LogP contribution in [0.15, 0.2) is 89.4 Å². The lowest BCUT2D eigenvalue weighted by Crippen LogP contribution is -2.38. The van der Waals surface area contributed by atoms with Crippen LogP contribution < -0.4 is 14.9 Å². The normalized spacial score (nSPS) is 18.0. The summed E-state index contributed by atoms with van der Waals surface area (Å²) in [6.07, 6.45) is 0. The Balaban J connectivity index is 1.87. The average molecular weight is 439 g/mol. The fourth-order valence-corrected chi connectivity index (χ4v) is 5.26. The van der Waals surface area contributed by atoms with Gasteiger partial charge in [0.25, 0.3) is 0 Å². The van der Waals surface area contributed by atoms with Gasteiger partial charge < -0.3 is 9.47 Å². The first-order valence-electron chi connectivity index (χ1n) is 9.65. The van der Waals surface area contributed by atoms with Crippen LogP contribution in [0.2, 0.25) is 0 Å². The van der Waals surface area contributed by atoms with Crippen molar-refractivity contribution < 1.29 is 9.47 Å². The van der Waals surface area contributed by atoms with Crippen molar-refractivity contribution >= 4 is 29.2 Å². The Morgan fingerprint density at radius 1 is 0.586 bits per heavy atom. The number of hydrogen-bond acceptors (Lipinski definition) is 2. The van der Waals surface area contributed by atoms with Crippen molar-refractivity contribution in [1.29, 1.82) is 0 Å². The molecule has 2 heterocycles. The predicted molar refractivity (Wildman–Crippen MR) is 121 cm³/mol. The van der Waals surface area contributed by atoms with Crippen LogP contribution in [0.25, 0.3) is 0 Å². The van der Waals surface area contributed by atoms with Gasteiger partial charge in [0.1, 0.15) is 30.8 Å². The Labute approximate surface area is 178 Å². The molecule has 2 aliphatic rings. The van der Waals surface area contributed by atoms with Gasteiger partial charge in [0.15, 0.2) is 0 Å². The fourth-order valence-electron chi connectivity index (χ4n) is 4.81. The molecular weight excluding hydrogens is 423 g/mol. The molecule has 0 radical (unpaired) electrons. The van der Waals surface area contributed by atoms with Gasteiger partial charge in [-0.1, -0.05) is 66.7 Å². The second-order valence-corrected chi connectivity index (χ2v) is 8.37. The lowest BCUT2D eigenvalue weighted by Gasteiger charge is -2.45. The van der Waals surface area contributed by atoms with Gasteiger partial charge in [-0.15, -0.1) is 0 Å². The van der Waals surface area contributed by atoms with E-state index in [0.717, 1.165) is 55.2 Å². The molecule has 6 rings (SSSR count). The number of hydrogen-bond donors (Lipinski definition) is 0. The Kier molecular flexibility index (Phi) is 3.51. The van der Waals surface area contributed by atoms with Crippen molar-refractivity contribution in [2.24, 2.45) is 0 Å². The molecule has 0 saturated heterocycles. The van der Waals surface area contributed by atoms with Crippen LogP contribution in [-0.4, -0.2) is 7.85 Å². The minimum atomic E-state index is -0.510. The largest absolute Gasteiger partial charge is 0.457 e. The van der Waals surface area contributed by atoms with E-state index >= 15 is 0 Å². The smallest absolute Gasteiger partial charge is 0.146 e. The van der Waals surface area contributed by atoms with E-state index in [9.17, 15) is 0 Å². The summed E-state index contributed by atoms with van der Waals surface area (Å²) in [5.41, 5.74) is 5.14. The maximum Gasteiger partial charge on any atom is 0.146 e. The minimum absolute atomic E-state index is 0.510. The molecule has 0 bridgehead atoms. The Morgan fingerprint density at radius 3 is 1.79 bits per heavy atom. The van der Waals surface area contributed by atoms with Crippen molar-refractivity contribution in [2.45, 2.75) is 5.41 Å². The number of rotatable bonds is 0. The third-order valence-corrected chi connectivity index (χ3v) is 6.62. The van der Waals surface area contributed by atoms with Gasteiger partial charge in [0.2, 0.25) is 0 Å². The molecule has 4 aromatic rings. The second kappa shape index (κ2) is 6.01. The van der Waals surface area contributed by atoms with Gasteiger partial charge in [-0.2, -0.15) is 0 Å². The predicted octanol–water partition coefficient (Wildman–Crippen LogP) is 5.30. The first-order chi connectivity index (χ1) is 14.2. The maximum atomic E-state index is 6.44. The van der Waals surface area contributed by atoms with Crippen LogP contribution in [0.1, 0.15) is 22.3 Å². The summed E-state index contributed by atoms with van der Waals surface area (Å²) >= 11 is 3.72. The molecule has 1 spiro atoms. The van der Waals surface area contributed by atoms with Crippen LogP contribution >= 0.6 is 15.9 Å². The van der Waals surface area contributed by atoms with Crippen LogP contribution in [0.4, 0.5) is 0 Å². The standard InChI is InChI=1S/C25H16BBrO2/c26-19-11-5-9-17-23(19)28-21-13-3-1-7-15(21)25(17)16-8-2-4-14-22(16)29-24-18(25)10-6-12-20(24)27/h1-14H,26H2. The van der Waals surface area contributed by atoms with E-state index in [1.54, 1.807) is 0 Å². The first kappa shape index (κ1) is 16.9. The molecule has 0 N–H and O–H groups in total. The Hall–Kier alpha value is -2.98. The summed E-state index contributed by atoms with van der Waals surface area (Å²) in [7, 11) is 2.10. The molecule has 1 atom stereocenters. The molecule has 0 aliphatic carbocycles. The van der Waals surface area contributed by atoms with E-state index in [1.807, 2.05) is 24.3 Å². The molecule has 138 valence electrons. The quantitative estimate of drug-likeness (QED) is 0.299. The van der Waals surface area contributed by atoms with Crippen molar-refractivity contribution in [3.05, 3.63) is 112 Å². The monoisotopic (exact) mass is 438 g/mol. The van der Waals surface area contributed by atoms with Crippen molar-refractivity contribution in [2.75, 3.05) is 0 Å². The molecule has 0 aromatic heterocycles. The molecule has 1 unspecified atom stereocenters. The van der Waals surface area contributed by atoms with Crippen LogP contribution in [0.5, 0.6) is 23.0 Å². The lowest BCUT2D eigenvalue weighted by atomic mass is 9.61. The summed E-state index contributed by atoms with van der Waals surface area (Å²) < 4.78 is 13.8. The SMILES string of the molecule is Bc1cccc2c1Oc1ccccc1C21c2ccccc2Oc2c(Br)cccc21. The van der Waals surface area contributed by atoms with Crippen LogP contribution in [0, 0.1) is 0 Å². The van der Waals surface area contributed by atoms with E-state index in [2.05, 4.69) is 84.4 Å². The third kappa shape index (κ3) is 2.12. The summed E-state index contributed by atoms with van der Waals surface area (Å²) in [4.78, 5) is 0. The highest BCUT2D eigenvalue weighted by Crippen LogP contribution is 2.61. The minimum Gasteiger partial charge on any atom is -0.457 e. The van der Waals surface area contributed by atoms with Crippen LogP contribution in [-0.2, 0) is 5.41 Å². The summed E-state index contributed by atoms with van der Waals surface area (Å²) in [5.74, 6) is 3.54. The molecule has 2 nitrogen and oxygen atoms in total. The highest BCUT2D eigenvalue weighted by Gasteiger charge is 2.50. The lowest BCUT2D eigenvalue weighted by molar-refractivity contribution is 0.399. The molecular formula is C25H16BBrO2. The van der Waals surface area contributed by atoms with Gasteiger partial charge in [-0.3, -0.25) is 0 Å². The van der Waals surface area contributed by atoms with Crippen molar-refractivity contribution in [3.8, 4) is 23.0 Å². The molecule has 2 aliphatic heterocycles. The maximum absolute atomic E-state index is 6.44. The highest BCUT2D eigenvalue weighted by molar-refractivity contribution is 9.10. The van der Waals surface area contributed by atoms with E-state index in [1.165, 1.54) is 0 Å². The Bertz CT molecular complexity index is 1200. The zero-order valence-corrected chi connectivity index (χ0v) is 17.4.